The second-order valence-corrected chi connectivity index (χ2v) is 9.03. The van der Waals surface area contributed by atoms with Crippen LogP contribution in [0, 0.1) is 6.92 Å². The van der Waals surface area contributed by atoms with Crippen molar-refractivity contribution in [2.45, 2.75) is 26.3 Å². The van der Waals surface area contributed by atoms with Gasteiger partial charge < -0.3 is 19.6 Å². The van der Waals surface area contributed by atoms with E-state index in [0.717, 1.165) is 28.6 Å². The van der Waals surface area contributed by atoms with E-state index >= 15 is 0 Å². The highest BCUT2D eigenvalue weighted by Crippen LogP contribution is 2.40. The number of aliphatic hydroxyl groups is 1. The molecule has 1 amide bonds. The van der Waals surface area contributed by atoms with Crippen LogP contribution < -0.4 is 4.74 Å². The van der Waals surface area contributed by atoms with E-state index in [4.69, 9.17) is 4.74 Å². The SMILES string of the molecule is CCOc1ccc(/C(O)=C2\C(=O)C(=O)N(CCCN(C)C)C2c2ccc(Br)cc2)c(C)c1. The lowest BCUT2D eigenvalue weighted by Crippen LogP contribution is -2.32. The number of ketones is 1. The van der Waals surface area contributed by atoms with Crippen molar-refractivity contribution in [1.29, 1.82) is 0 Å². The molecule has 0 aromatic heterocycles. The molecule has 170 valence electrons. The number of hydrogen-bond acceptors (Lipinski definition) is 5. The summed E-state index contributed by atoms with van der Waals surface area (Å²) < 4.78 is 6.43. The van der Waals surface area contributed by atoms with Crippen molar-refractivity contribution >= 4 is 33.4 Å². The van der Waals surface area contributed by atoms with E-state index in [-0.39, 0.29) is 11.3 Å². The van der Waals surface area contributed by atoms with Crippen molar-refractivity contribution in [2.75, 3.05) is 33.8 Å². The standard InChI is InChI=1S/C25H29BrN2O4/c1-5-32-19-11-12-20(16(2)15-19)23(29)21-22(17-7-9-18(26)10-8-17)28(25(31)24(21)30)14-6-13-27(3)4/h7-12,15,22,29H,5-6,13-14H2,1-4H3/b23-21+. The number of amides is 1. The predicted octanol–water partition coefficient (Wildman–Crippen LogP) is 4.53. The molecule has 0 spiro atoms. The van der Waals surface area contributed by atoms with Gasteiger partial charge in [0.05, 0.1) is 18.2 Å². The fourth-order valence-electron chi connectivity index (χ4n) is 3.96. The summed E-state index contributed by atoms with van der Waals surface area (Å²) in [5.41, 5.74) is 2.18. The van der Waals surface area contributed by atoms with Gasteiger partial charge in [-0.1, -0.05) is 28.1 Å². The summed E-state index contributed by atoms with van der Waals surface area (Å²) in [7, 11) is 3.93. The Bertz CT molecular complexity index is 1030. The average Bonchev–Trinajstić information content (AvgIpc) is 2.99. The highest BCUT2D eigenvalue weighted by Gasteiger charge is 2.45. The molecule has 1 aliphatic heterocycles. The van der Waals surface area contributed by atoms with Gasteiger partial charge in [-0.2, -0.15) is 0 Å². The molecular weight excluding hydrogens is 472 g/mol. The topological polar surface area (TPSA) is 70.1 Å². The van der Waals surface area contributed by atoms with Crippen LogP contribution in [0.25, 0.3) is 5.76 Å². The summed E-state index contributed by atoms with van der Waals surface area (Å²) in [5.74, 6) is -0.711. The fourth-order valence-corrected chi connectivity index (χ4v) is 4.23. The molecule has 1 heterocycles. The van der Waals surface area contributed by atoms with Gasteiger partial charge in [-0.05, 0) is 82.4 Å². The van der Waals surface area contributed by atoms with Crippen molar-refractivity contribution < 1.29 is 19.4 Å². The molecule has 2 aromatic carbocycles. The van der Waals surface area contributed by atoms with Gasteiger partial charge >= 0.3 is 0 Å². The number of hydrogen-bond donors (Lipinski definition) is 1. The van der Waals surface area contributed by atoms with Gasteiger partial charge in [-0.3, -0.25) is 9.59 Å². The Morgan fingerprint density at radius 1 is 1.16 bits per heavy atom. The number of carbonyl (C=O) groups is 2. The minimum Gasteiger partial charge on any atom is -0.507 e. The second kappa shape index (κ2) is 10.3. The molecule has 3 rings (SSSR count). The number of aliphatic hydroxyl groups excluding tert-OH is 1. The van der Waals surface area contributed by atoms with Crippen molar-refractivity contribution in [3.8, 4) is 5.75 Å². The molecule has 32 heavy (non-hydrogen) atoms. The van der Waals surface area contributed by atoms with E-state index in [9.17, 15) is 14.7 Å². The maximum atomic E-state index is 13.1. The number of carbonyl (C=O) groups excluding carboxylic acids is 2. The lowest BCUT2D eigenvalue weighted by Gasteiger charge is -2.26. The molecular formula is C25H29BrN2O4. The summed E-state index contributed by atoms with van der Waals surface area (Å²) in [6.45, 7) is 5.49. The maximum absolute atomic E-state index is 13.1. The Morgan fingerprint density at radius 3 is 2.44 bits per heavy atom. The number of benzene rings is 2. The molecule has 1 saturated heterocycles. The van der Waals surface area contributed by atoms with Crippen LogP contribution >= 0.6 is 15.9 Å². The van der Waals surface area contributed by atoms with Gasteiger partial charge in [0.25, 0.3) is 11.7 Å². The number of aryl methyl sites for hydroxylation is 1. The lowest BCUT2D eigenvalue weighted by atomic mass is 9.94. The molecule has 7 heteroatoms. The molecule has 2 aromatic rings. The van der Waals surface area contributed by atoms with Crippen LogP contribution in [0.4, 0.5) is 0 Å². The highest BCUT2D eigenvalue weighted by molar-refractivity contribution is 9.10. The first kappa shape index (κ1) is 24.0. The Balaban J connectivity index is 2.09. The number of halogens is 1. The third-order valence-electron chi connectivity index (χ3n) is 5.49. The molecule has 1 atom stereocenters. The van der Waals surface area contributed by atoms with Gasteiger partial charge in [-0.15, -0.1) is 0 Å². The van der Waals surface area contributed by atoms with Gasteiger partial charge in [0.2, 0.25) is 0 Å². The molecule has 0 radical (unpaired) electrons. The van der Waals surface area contributed by atoms with E-state index in [1.54, 1.807) is 17.0 Å². The molecule has 1 fully saturated rings. The Kier molecular flexibility index (Phi) is 7.74. The molecule has 6 nitrogen and oxygen atoms in total. The number of likely N-dealkylation sites (tertiary alicyclic amines) is 1. The van der Waals surface area contributed by atoms with Crippen LogP contribution in [0.15, 0.2) is 52.5 Å². The fraction of sp³-hybridized carbons (Fsp3) is 0.360. The number of rotatable bonds is 8. The van der Waals surface area contributed by atoms with Crippen molar-refractivity contribution in [3.05, 3.63) is 69.2 Å². The van der Waals surface area contributed by atoms with Crippen LogP contribution in [0.5, 0.6) is 5.75 Å². The highest BCUT2D eigenvalue weighted by atomic mass is 79.9. The molecule has 0 saturated carbocycles. The van der Waals surface area contributed by atoms with Crippen molar-refractivity contribution in [2.24, 2.45) is 0 Å². The molecule has 0 bridgehead atoms. The molecule has 1 N–H and O–H groups in total. The molecule has 0 aliphatic carbocycles. The smallest absolute Gasteiger partial charge is 0.295 e. The first-order chi connectivity index (χ1) is 15.2. The van der Waals surface area contributed by atoms with Gasteiger partial charge in [-0.25, -0.2) is 0 Å². The molecule has 1 aliphatic rings. The summed E-state index contributed by atoms with van der Waals surface area (Å²) in [4.78, 5) is 29.7. The van der Waals surface area contributed by atoms with E-state index < -0.39 is 17.7 Å². The zero-order valence-corrected chi connectivity index (χ0v) is 20.5. The van der Waals surface area contributed by atoms with Crippen LogP contribution in [0.1, 0.15) is 36.1 Å². The summed E-state index contributed by atoms with van der Waals surface area (Å²) in [6.07, 6.45) is 0.717. The number of nitrogens with zero attached hydrogens (tertiary/aromatic N) is 2. The van der Waals surface area contributed by atoms with Crippen LogP contribution in [0.2, 0.25) is 0 Å². The summed E-state index contributed by atoms with van der Waals surface area (Å²) >= 11 is 3.43. The number of Topliss-reactive ketones (excluding diaryl/α,β-unsaturated/α-hetero) is 1. The average molecular weight is 501 g/mol. The molecule has 1 unspecified atom stereocenters. The van der Waals surface area contributed by atoms with Crippen molar-refractivity contribution in [1.82, 2.24) is 9.80 Å². The zero-order valence-electron chi connectivity index (χ0n) is 18.9. The third kappa shape index (κ3) is 5.05. The third-order valence-corrected chi connectivity index (χ3v) is 6.02. The van der Waals surface area contributed by atoms with Gasteiger partial charge in [0.1, 0.15) is 11.5 Å². The summed E-state index contributed by atoms with van der Waals surface area (Å²) in [5, 5.41) is 11.2. The minimum atomic E-state index is -0.659. The van der Waals surface area contributed by atoms with E-state index in [1.165, 1.54) is 0 Å². The van der Waals surface area contributed by atoms with E-state index in [1.807, 2.05) is 63.2 Å². The maximum Gasteiger partial charge on any atom is 0.295 e. The van der Waals surface area contributed by atoms with Gasteiger partial charge in [0.15, 0.2) is 0 Å². The van der Waals surface area contributed by atoms with Crippen molar-refractivity contribution in [3.63, 3.8) is 0 Å². The monoisotopic (exact) mass is 500 g/mol. The minimum absolute atomic E-state index is 0.120. The zero-order chi connectivity index (χ0) is 23.4. The Morgan fingerprint density at radius 2 is 1.84 bits per heavy atom. The quantitative estimate of drug-likeness (QED) is 0.327. The van der Waals surface area contributed by atoms with Crippen LogP contribution in [-0.4, -0.2) is 60.4 Å². The second-order valence-electron chi connectivity index (χ2n) is 8.11. The Labute approximate surface area is 197 Å². The predicted molar refractivity (Wildman–Crippen MR) is 129 cm³/mol. The first-order valence-corrected chi connectivity index (χ1v) is 11.5. The largest absolute Gasteiger partial charge is 0.507 e. The van der Waals surface area contributed by atoms with Gasteiger partial charge in [0, 0.05) is 16.6 Å². The van der Waals surface area contributed by atoms with Crippen LogP contribution in [0.3, 0.4) is 0 Å². The van der Waals surface area contributed by atoms with E-state index in [2.05, 4.69) is 15.9 Å². The summed E-state index contributed by atoms with van der Waals surface area (Å²) in [6, 6.07) is 12.2. The number of ether oxygens (including phenoxy) is 1. The van der Waals surface area contributed by atoms with E-state index in [0.29, 0.717) is 24.5 Å². The first-order valence-electron chi connectivity index (χ1n) is 10.7. The normalized spacial score (nSPS) is 17.9. The lowest BCUT2D eigenvalue weighted by molar-refractivity contribution is -0.139. The Hall–Kier alpha value is -2.64. The van der Waals surface area contributed by atoms with Crippen LogP contribution in [-0.2, 0) is 9.59 Å².